The number of nitrogens with zero attached hydrogens (tertiary/aromatic N) is 2. The maximum Gasteiger partial charge on any atom is 0.230 e. The maximum absolute atomic E-state index is 13.0. The van der Waals surface area contributed by atoms with Crippen LogP contribution in [0.5, 0.6) is 5.75 Å². The van der Waals surface area contributed by atoms with Crippen LogP contribution in [0.2, 0.25) is 0 Å². The SMILES string of the molecule is O=C(C1C=C(c2cn[nH]c2)SC1)N1CCC[C@H]1COc1ccccc1. The molecule has 2 atom stereocenters. The van der Waals surface area contributed by atoms with Crippen LogP contribution in [-0.4, -0.2) is 46.0 Å². The third-order valence-electron chi connectivity index (χ3n) is 4.72. The van der Waals surface area contributed by atoms with Crippen LogP contribution >= 0.6 is 11.8 Å². The zero-order chi connectivity index (χ0) is 17.1. The molecule has 6 heteroatoms. The first-order chi connectivity index (χ1) is 12.3. The molecule has 1 aromatic heterocycles. The maximum atomic E-state index is 13.0. The van der Waals surface area contributed by atoms with Crippen molar-refractivity contribution in [3.63, 3.8) is 0 Å². The van der Waals surface area contributed by atoms with Crippen LogP contribution in [0.3, 0.4) is 0 Å². The third kappa shape index (κ3) is 3.58. The van der Waals surface area contributed by atoms with E-state index in [0.717, 1.165) is 41.4 Å². The van der Waals surface area contributed by atoms with Gasteiger partial charge in [0.2, 0.25) is 5.91 Å². The van der Waals surface area contributed by atoms with Crippen molar-refractivity contribution >= 4 is 22.6 Å². The molecule has 130 valence electrons. The zero-order valence-electron chi connectivity index (χ0n) is 13.9. The Balaban J connectivity index is 1.39. The molecule has 4 rings (SSSR count). The molecule has 2 aliphatic heterocycles. The minimum absolute atomic E-state index is 0.0489. The third-order valence-corrected chi connectivity index (χ3v) is 5.93. The van der Waals surface area contributed by atoms with E-state index in [0.29, 0.717) is 6.61 Å². The number of para-hydroxylation sites is 1. The molecule has 2 aromatic rings. The Kier molecular flexibility index (Phi) is 4.78. The van der Waals surface area contributed by atoms with Crippen molar-refractivity contribution in [3.8, 4) is 5.75 Å². The van der Waals surface area contributed by atoms with E-state index in [9.17, 15) is 4.79 Å². The molecule has 1 N–H and O–H groups in total. The number of likely N-dealkylation sites (tertiary alicyclic amines) is 1. The van der Waals surface area contributed by atoms with Crippen molar-refractivity contribution in [3.05, 3.63) is 54.4 Å². The number of rotatable bonds is 5. The van der Waals surface area contributed by atoms with Crippen LogP contribution in [0.4, 0.5) is 0 Å². The highest BCUT2D eigenvalue weighted by Gasteiger charge is 2.35. The van der Waals surface area contributed by atoms with Gasteiger partial charge in [0.15, 0.2) is 0 Å². The minimum Gasteiger partial charge on any atom is -0.491 e. The van der Waals surface area contributed by atoms with Gasteiger partial charge in [-0.2, -0.15) is 5.10 Å². The molecule has 0 radical (unpaired) electrons. The van der Waals surface area contributed by atoms with E-state index in [1.807, 2.05) is 41.4 Å². The first-order valence-corrected chi connectivity index (χ1v) is 9.62. The van der Waals surface area contributed by atoms with Gasteiger partial charge in [0, 0.05) is 29.0 Å². The minimum atomic E-state index is -0.0489. The van der Waals surface area contributed by atoms with Crippen molar-refractivity contribution in [2.24, 2.45) is 5.92 Å². The van der Waals surface area contributed by atoms with Crippen molar-refractivity contribution in [1.82, 2.24) is 15.1 Å². The molecule has 1 unspecified atom stereocenters. The molecule has 0 bridgehead atoms. The number of aromatic nitrogens is 2. The molecule has 0 saturated carbocycles. The first kappa shape index (κ1) is 16.3. The largest absolute Gasteiger partial charge is 0.491 e. The van der Waals surface area contributed by atoms with Crippen molar-refractivity contribution < 1.29 is 9.53 Å². The van der Waals surface area contributed by atoms with Gasteiger partial charge in [0.05, 0.1) is 18.2 Å². The fourth-order valence-corrected chi connectivity index (χ4v) is 4.52. The van der Waals surface area contributed by atoms with Gasteiger partial charge in [-0.1, -0.05) is 24.3 Å². The van der Waals surface area contributed by atoms with E-state index >= 15 is 0 Å². The Labute approximate surface area is 151 Å². The van der Waals surface area contributed by atoms with Crippen LogP contribution in [0.15, 0.2) is 48.8 Å². The van der Waals surface area contributed by atoms with E-state index in [1.54, 1.807) is 18.0 Å². The number of ether oxygens (including phenoxy) is 1. The van der Waals surface area contributed by atoms with Gasteiger partial charge in [-0.05, 0) is 25.0 Å². The van der Waals surface area contributed by atoms with Gasteiger partial charge in [0.25, 0.3) is 0 Å². The molecule has 0 spiro atoms. The summed E-state index contributed by atoms with van der Waals surface area (Å²) >= 11 is 1.73. The molecule has 1 saturated heterocycles. The summed E-state index contributed by atoms with van der Waals surface area (Å²) in [5.74, 6) is 1.85. The average Bonchev–Trinajstić information content (AvgIpc) is 3.41. The number of nitrogens with one attached hydrogen (secondary N) is 1. The predicted molar refractivity (Wildman–Crippen MR) is 99.2 cm³/mol. The fraction of sp³-hybridized carbons (Fsp3) is 0.368. The Hall–Kier alpha value is -2.21. The number of H-pyrrole nitrogens is 1. The smallest absolute Gasteiger partial charge is 0.230 e. The van der Waals surface area contributed by atoms with E-state index in [-0.39, 0.29) is 17.9 Å². The summed E-state index contributed by atoms with van der Waals surface area (Å²) in [6.07, 6.45) is 7.82. The fourth-order valence-electron chi connectivity index (χ4n) is 3.39. The topological polar surface area (TPSA) is 58.2 Å². The zero-order valence-corrected chi connectivity index (χ0v) is 14.7. The Morgan fingerprint density at radius 2 is 2.24 bits per heavy atom. The normalized spacial score (nSPS) is 22.9. The van der Waals surface area contributed by atoms with Crippen LogP contribution in [0.25, 0.3) is 4.91 Å². The van der Waals surface area contributed by atoms with E-state index < -0.39 is 0 Å². The van der Waals surface area contributed by atoms with Crippen molar-refractivity contribution in [2.45, 2.75) is 18.9 Å². The summed E-state index contributed by atoms with van der Waals surface area (Å²) in [5, 5.41) is 6.82. The van der Waals surface area contributed by atoms with Gasteiger partial charge in [0.1, 0.15) is 12.4 Å². The number of carbonyl (C=O) groups excluding carboxylic acids is 1. The van der Waals surface area contributed by atoms with Gasteiger partial charge in [-0.25, -0.2) is 0 Å². The monoisotopic (exact) mass is 355 g/mol. The average molecular weight is 355 g/mol. The van der Waals surface area contributed by atoms with Gasteiger partial charge >= 0.3 is 0 Å². The summed E-state index contributed by atoms with van der Waals surface area (Å²) in [5.41, 5.74) is 1.06. The highest BCUT2D eigenvalue weighted by atomic mass is 32.2. The van der Waals surface area contributed by atoms with Crippen molar-refractivity contribution in [2.75, 3.05) is 18.9 Å². The lowest BCUT2D eigenvalue weighted by molar-refractivity contribution is -0.134. The highest BCUT2D eigenvalue weighted by Crippen LogP contribution is 2.38. The van der Waals surface area contributed by atoms with Crippen LogP contribution in [0.1, 0.15) is 18.4 Å². The number of thioether (sulfide) groups is 1. The second kappa shape index (κ2) is 7.35. The van der Waals surface area contributed by atoms with Gasteiger partial charge in [-0.3, -0.25) is 9.89 Å². The van der Waals surface area contributed by atoms with Crippen LogP contribution < -0.4 is 4.74 Å². The number of hydrogen-bond acceptors (Lipinski definition) is 4. The number of amides is 1. The molecular weight excluding hydrogens is 334 g/mol. The number of carbonyl (C=O) groups is 1. The standard InChI is InChI=1S/C19H21N3O2S/c23-19(14-9-18(25-13-14)15-10-20-21-11-15)22-8-4-5-16(22)12-24-17-6-2-1-3-7-17/h1-3,6-7,9-11,14,16H,4-5,8,12-13H2,(H,20,21)/t14?,16-/m0/s1. The summed E-state index contributed by atoms with van der Waals surface area (Å²) in [6.45, 7) is 1.39. The van der Waals surface area contributed by atoms with Gasteiger partial charge in [-0.15, -0.1) is 11.8 Å². The van der Waals surface area contributed by atoms with E-state index in [1.165, 1.54) is 0 Å². The molecule has 2 aliphatic rings. The summed E-state index contributed by atoms with van der Waals surface area (Å²) in [6, 6.07) is 9.97. The number of hydrogen-bond donors (Lipinski definition) is 1. The first-order valence-electron chi connectivity index (χ1n) is 8.63. The van der Waals surface area contributed by atoms with E-state index in [2.05, 4.69) is 16.3 Å². The quantitative estimate of drug-likeness (QED) is 0.895. The number of aromatic amines is 1. The van der Waals surface area contributed by atoms with Crippen LogP contribution in [-0.2, 0) is 4.79 Å². The van der Waals surface area contributed by atoms with Crippen LogP contribution in [0, 0.1) is 5.92 Å². The molecule has 5 nitrogen and oxygen atoms in total. The molecule has 25 heavy (non-hydrogen) atoms. The molecule has 0 aliphatic carbocycles. The summed E-state index contributed by atoms with van der Waals surface area (Å²) in [7, 11) is 0. The molecule has 1 fully saturated rings. The Morgan fingerprint density at radius 1 is 1.36 bits per heavy atom. The predicted octanol–water partition coefficient (Wildman–Crippen LogP) is 3.18. The highest BCUT2D eigenvalue weighted by molar-refractivity contribution is 8.08. The lowest BCUT2D eigenvalue weighted by Gasteiger charge is -2.26. The number of benzene rings is 1. The Morgan fingerprint density at radius 3 is 3.04 bits per heavy atom. The van der Waals surface area contributed by atoms with Crippen molar-refractivity contribution in [1.29, 1.82) is 0 Å². The Bertz CT molecular complexity index is 745. The summed E-state index contributed by atoms with van der Waals surface area (Å²) < 4.78 is 5.89. The molecular formula is C19H21N3O2S. The molecule has 3 heterocycles. The second-order valence-corrected chi connectivity index (χ2v) is 7.45. The summed E-state index contributed by atoms with van der Waals surface area (Å²) in [4.78, 5) is 16.1. The lowest BCUT2D eigenvalue weighted by Crippen LogP contribution is -2.42. The lowest BCUT2D eigenvalue weighted by atomic mass is 10.1. The van der Waals surface area contributed by atoms with Gasteiger partial charge < -0.3 is 9.64 Å². The molecule has 1 amide bonds. The molecule has 1 aromatic carbocycles. The second-order valence-electron chi connectivity index (χ2n) is 6.39. The van der Waals surface area contributed by atoms with E-state index in [4.69, 9.17) is 4.74 Å².